The van der Waals surface area contributed by atoms with Crippen molar-refractivity contribution in [3.63, 3.8) is 0 Å². The molecule has 5 heteroatoms. The van der Waals surface area contributed by atoms with Gasteiger partial charge in [0.1, 0.15) is 5.82 Å². The lowest BCUT2D eigenvalue weighted by atomic mass is 9.77. The van der Waals surface area contributed by atoms with E-state index in [0.29, 0.717) is 11.1 Å². The highest BCUT2D eigenvalue weighted by atomic mass is 19.1. The summed E-state index contributed by atoms with van der Waals surface area (Å²) in [5, 5.41) is 18.7. The predicted octanol–water partition coefficient (Wildman–Crippen LogP) is 2.45. The van der Waals surface area contributed by atoms with E-state index >= 15 is 0 Å². The molecule has 1 unspecified atom stereocenters. The molecule has 0 aromatic heterocycles. The van der Waals surface area contributed by atoms with Crippen molar-refractivity contribution >= 4 is 5.97 Å². The molecule has 4 nitrogen and oxygen atoms in total. The summed E-state index contributed by atoms with van der Waals surface area (Å²) < 4.78 is 17.6. The van der Waals surface area contributed by atoms with Crippen LogP contribution in [-0.2, 0) is 9.53 Å². The zero-order valence-corrected chi connectivity index (χ0v) is 10.8. The van der Waals surface area contributed by atoms with Gasteiger partial charge in [-0.25, -0.2) is 9.18 Å². The molecule has 0 fully saturated rings. The Hall–Kier alpha value is -2.66. The summed E-state index contributed by atoms with van der Waals surface area (Å²) >= 11 is 0. The summed E-state index contributed by atoms with van der Waals surface area (Å²) in [5.41, 5.74) is -0.490. The smallest absolute Gasteiger partial charge is 0.333 e. The summed E-state index contributed by atoms with van der Waals surface area (Å²) in [6, 6.07) is 9.51. The van der Waals surface area contributed by atoms with E-state index in [-0.39, 0.29) is 6.42 Å². The molecule has 0 aliphatic heterocycles. The van der Waals surface area contributed by atoms with E-state index in [1.54, 1.807) is 0 Å². The van der Waals surface area contributed by atoms with Gasteiger partial charge in [-0.1, -0.05) is 12.1 Å². The zero-order chi connectivity index (χ0) is 14.8. The van der Waals surface area contributed by atoms with Crippen LogP contribution in [0.5, 0.6) is 0 Å². The van der Waals surface area contributed by atoms with Crippen molar-refractivity contribution < 1.29 is 13.9 Å². The quantitative estimate of drug-likeness (QED) is 0.773. The third kappa shape index (κ3) is 2.15. The van der Waals surface area contributed by atoms with Gasteiger partial charge >= 0.3 is 5.97 Å². The van der Waals surface area contributed by atoms with Crippen molar-refractivity contribution in [2.24, 2.45) is 5.41 Å². The molecule has 1 aromatic rings. The molecule has 0 bridgehead atoms. The van der Waals surface area contributed by atoms with Crippen LogP contribution in [-0.4, -0.2) is 13.1 Å². The van der Waals surface area contributed by atoms with E-state index in [1.807, 2.05) is 12.1 Å². The maximum atomic E-state index is 13.0. The molecule has 0 radical (unpaired) electrons. The fourth-order valence-electron chi connectivity index (χ4n) is 2.41. The molecule has 0 N–H and O–H groups in total. The van der Waals surface area contributed by atoms with Gasteiger partial charge in [0.2, 0.25) is 0 Å². The van der Waals surface area contributed by atoms with E-state index < -0.39 is 23.1 Å². The predicted molar refractivity (Wildman–Crippen MR) is 67.5 cm³/mol. The van der Waals surface area contributed by atoms with E-state index in [1.165, 1.54) is 37.5 Å². The number of rotatable bonds is 2. The fraction of sp³-hybridized carbons (Fsp3) is 0.267. The Balaban J connectivity index is 2.45. The highest BCUT2D eigenvalue weighted by molar-refractivity contribution is 5.90. The maximum Gasteiger partial charge on any atom is 0.333 e. The fourth-order valence-corrected chi connectivity index (χ4v) is 2.41. The molecule has 20 heavy (non-hydrogen) atoms. The summed E-state index contributed by atoms with van der Waals surface area (Å²) in [7, 11) is 1.24. The monoisotopic (exact) mass is 270 g/mol. The molecule has 1 aromatic carbocycles. The first-order valence-corrected chi connectivity index (χ1v) is 5.94. The van der Waals surface area contributed by atoms with Crippen LogP contribution >= 0.6 is 0 Å². The van der Waals surface area contributed by atoms with Crippen molar-refractivity contribution in [2.45, 2.75) is 12.3 Å². The van der Waals surface area contributed by atoms with Crippen molar-refractivity contribution in [1.29, 1.82) is 10.5 Å². The Kier molecular flexibility index (Phi) is 3.54. The molecular formula is C15H11FN2O2. The second-order valence-corrected chi connectivity index (χ2v) is 4.56. The van der Waals surface area contributed by atoms with E-state index in [2.05, 4.69) is 4.74 Å². The molecule has 2 rings (SSSR count). The van der Waals surface area contributed by atoms with Gasteiger partial charge in [0.05, 0.1) is 19.2 Å². The first-order chi connectivity index (χ1) is 9.56. The van der Waals surface area contributed by atoms with Crippen LogP contribution in [0, 0.1) is 33.9 Å². The number of carbonyl (C=O) groups excluding carboxylic acids is 1. The molecule has 1 atom stereocenters. The molecule has 0 amide bonds. The third-order valence-corrected chi connectivity index (χ3v) is 3.47. The topological polar surface area (TPSA) is 73.9 Å². The standard InChI is InChI=1S/C15H11FN2O2/c1-20-14(19)11-6-13(15(7-11,8-17)9-18)10-2-4-12(16)5-3-10/h2-5,7,13H,6H2,1H3. The Bertz CT molecular complexity index is 636. The number of methoxy groups -OCH3 is 1. The summed E-state index contributed by atoms with van der Waals surface area (Å²) in [6.45, 7) is 0. The van der Waals surface area contributed by atoms with Crippen LogP contribution in [0.2, 0.25) is 0 Å². The van der Waals surface area contributed by atoms with Gasteiger partial charge < -0.3 is 4.74 Å². The van der Waals surface area contributed by atoms with Crippen LogP contribution in [0.3, 0.4) is 0 Å². The molecule has 0 saturated carbocycles. The van der Waals surface area contributed by atoms with E-state index in [0.717, 1.165) is 0 Å². The van der Waals surface area contributed by atoms with Gasteiger partial charge in [-0.2, -0.15) is 10.5 Å². The SMILES string of the molecule is COC(=O)C1=CC(C#N)(C#N)C(c2ccc(F)cc2)C1. The molecule has 0 saturated heterocycles. The van der Waals surface area contributed by atoms with Gasteiger partial charge in [-0.05, 0) is 30.2 Å². The number of nitriles is 2. The van der Waals surface area contributed by atoms with Gasteiger partial charge in [-0.3, -0.25) is 0 Å². The number of benzene rings is 1. The zero-order valence-electron chi connectivity index (χ0n) is 10.8. The minimum Gasteiger partial charge on any atom is -0.466 e. The molecule has 1 aliphatic carbocycles. The first-order valence-electron chi connectivity index (χ1n) is 5.94. The second-order valence-electron chi connectivity index (χ2n) is 4.56. The number of hydrogen-bond donors (Lipinski definition) is 0. The highest BCUT2D eigenvalue weighted by Crippen LogP contribution is 2.47. The molecule has 0 spiro atoms. The molecule has 0 heterocycles. The molecular weight excluding hydrogens is 259 g/mol. The lowest BCUT2D eigenvalue weighted by Crippen LogP contribution is -2.19. The van der Waals surface area contributed by atoms with Crippen molar-refractivity contribution in [3.05, 3.63) is 47.3 Å². The molecule has 1 aliphatic rings. The van der Waals surface area contributed by atoms with E-state index in [9.17, 15) is 19.7 Å². The average Bonchev–Trinajstić information content (AvgIpc) is 2.87. The van der Waals surface area contributed by atoms with Crippen molar-refractivity contribution in [3.8, 4) is 12.1 Å². The minimum absolute atomic E-state index is 0.222. The van der Waals surface area contributed by atoms with Crippen LogP contribution in [0.15, 0.2) is 35.9 Å². The maximum absolute atomic E-state index is 13.0. The van der Waals surface area contributed by atoms with Gasteiger partial charge in [0.25, 0.3) is 0 Å². The largest absolute Gasteiger partial charge is 0.466 e. The molecule has 100 valence electrons. The Labute approximate surface area is 115 Å². The number of nitrogens with zero attached hydrogens (tertiary/aromatic N) is 2. The number of allylic oxidation sites excluding steroid dienone is 1. The summed E-state index contributed by atoms with van der Waals surface area (Å²) in [6.07, 6.45) is 1.58. The number of halogens is 1. The van der Waals surface area contributed by atoms with Crippen LogP contribution in [0.25, 0.3) is 0 Å². The number of esters is 1. The van der Waals surface area contributed by atoms with E-state index in [4.69, 9.17) is 0 Å². The highest BCUT2D eigenvalue weighted by Gasteiger charge is 2.45. The Morgan fingerprint density at radius 3 is 2.45 bits per heavy atom. The van der Waals surface area contributed by atoms with Crippen molar-refractivity contribution in [1.82, 2.24) is 0 Å². The lowest BCUT2D eigenvalue weighted by molar-refractivity contribution is -0.136. The average molecular weight is 270 g/mol. The van der Waals surface area contributed by atoms with Gasteiger partial charge in [-0.15, -0.1) is 0 Å². The number of carbonyl (C=O) groups is 1. The summed E-state index contributed by atoms with van der Waals surface area (Å²) in [4.78, 5) is 11.6. The van der Waals surface area contributed by atoms with Gasteiger partial charge in [0, 0.05) is 11.5 Å². The summed E-state index contributed by atoms with van der Waals surface area (Å²) in [5.74, 6) is -1.45. The third-order valence-electron chi connectivity index (χ3n) is 3.47. The lowest BCUT2D eigenvalue weighted by Gasteiger charge is -2.20. The van der Waals surface area contributed by atoms with Crippen LogP contribution < -0.4 is 0 Å². The number of ether oxygens (including phenoxy) is 1. The first kappa shape index (κ1) is 13.8. The normalized spacial score (nSPS) is 19.6. The van der Waals surface area contributed by atoms with Crippen LogP contribution in [0.4, 0.5) is 4.39 Å². The Morgan fingerprint density at radius 2 is 1.95 bits per heavy atom. The second kappa shape index (κ2) is 5.14. The number of hydrogen-bond acceptors (Lipinski definition) is 4. The van der Waals surface area contributed by atoms with Crippen LogP contribution in [0.1, 0.15) is 17.9 Å². The minimum atomic E-state index is -1.43. The van der Waals surface area contributed by atoms with Gasteiger partial charge in [0.15, 0.2) is 5.41 Å². The van der Waals surface area contributed by atoms with Crippen molar-refractivity contribution in [2.75, 3.05) is 7.11 Å². The Morgan fingerprint density at radius 1 is 1.35 bits per heavy atom.